The number of amides is 2. The van der Waals surface area contributed by atoms with Gasteiger partial charge in [-0.25, -0.2) is 0 Å². The molecule has 2 amide bonds. The summed E-state index contributed by atoms with van der Waals surface area (Å²) in [5, 5.41) is 5.23. The Kier molecular flexibility index (Phi) is 7.09. The molecule has 5 nitrogen and oxygen atoms in total. The number of rotatable bonds is 8. The molecule has 0 aliphatic carbocycles. The molecule has 19 heavy (non-hydrogen) atoms. The lowest BCUT2D eigenvalue weighted by Crippen LogP contribution is -2.37. The summed E-state index contributed by atoms with van der Waals surface area (Å²) in [6.07, 6.45) is 1.11. The van der Waals surface area contributed by atoms with Crippen LogP contribution in [0.1, 0.15) is 19.8 Å². The van der Waals surface area contributed by atoms with Crippen molar-refractivity contribution >= 4 is 11.8 Å². The van der Waals surface area contributed by atoms with Crippen LogP contribution in [0.15, 0.2) is 30.3 Å². The van der Waals surface area contributed by atoms with E-state index in [4.69, 9.17) is 4.74 Å². The average molecular weight is 264 g/mol. The number of para-hydroxylation sites is 1. The SMILES string of the molecule is CCCNC(=O)CNC(=O)CCOc1ccccc1. The van der Waals surface area contributed by atoms with Gasteiger partial charge in [0.1, 0.15) is 5.75 Å². The molecule has 2 N–H and O–H groups in total. The summed E-state index contributed by atoms with van der Waals surface area (Å²) in [4.78, 5) is 22.7. The van der Waals surface area contributed by atoms with Crippen LogP contribution >= 0.6 is 0 Å². The van der Waals surface area contributed by atoms with Gasteiger partial charge in [-0.05, 0) is 18.6 Å². The summed E-state index contributed by atoms with van der Waals surface area (Å²) in [7, 11) is 0. The lowest BCUT2D eigenvalue weighted by Gasteiger charge is -2.07. The third-order valence-corrected chi connectivity index (χ3v) is 2.36. The second-order valence-electron chi connectivity index (χ2n) is 4.04. The third-order valence-electron chi connectivity index (χ3n) is 2.36. The predicted octanol–water partition coefficient (Wildman–Crippen LogP) is 1.10. The Morgan fingerprint density at radius 2 is 1.84 bits per heavy atom. The molecule has 0 heterocycles. The van der Waals surface area contributed by atoms with E-state index in [0.717, 1.165) is 12.2 Å². The zero-order valence-electron chi connectivity index (χ0n) is 11.1. The number of nitrogens with one attached hydrogen (secondary N) is 2. The Morgan fingerprint density at radius 3 is 2.53 bits per heavy atom. The zero-order chi connectivity index (χ0) is 13.9. The summed E-state index contributed by atoms with van der Waals surface area (Å²) in [6.45, 7) is 2.92. The minimum atomic E-state index is -0.192. The largest absolute Gasteiger partial charge is 0.493 e. The van der Waals surface area contributed by atoms with Crippen molar-refractivity contribution in [3.63, 3.8) is 0 Å². The maximum Gasteiger partial charge on any atom is 0.239 e. The molecule has 0 bridgehead atoms. The Morgan fingerprint density at radius 1 is 1.11 bits per heavy atom. The van der Waals surface area contributed by atoms with E-state index in [9.17, 15) is 9.59 Å². The van der Waals surface area contributed by atoms with Crippen LogP contribution in [0.4, 0.5) is 0 Å². The van der Waals surface area contributed by atoms with Gasteiger partial charge in [0, 0.05) is 6.54 Å². The number of carbonyl (C=O) groups excluding carboxylic acids is 2. The van der Waals surface area contributed by atoms with Gasteiger partial charge in [0.25, 0.3) is 0 Å². The molecule has 104 valence electrons. The molecule has 5 heteroatoms. The first-order valence-electron chi connectivity index (χ1n) is 6.43. The van der Waals surface area contributed by atoms with Gasteiger partial charge >= 0.3 is 0 Å². The maximum atomic E-state index is 11.4. The number of ether oxygens (including phenoxy) is 1. The van der Waals surface area contributed by atoms with Crippen molar-refractivity contribution in [1.82, 2.24) is 10.6 Å². The second-order valence-corrected chi connectivity index (χ2v) is 4.04. The summed E-state index contributed by atoms with van der Waals surface area (Å²) >= 11 is 0. The monoisotopic (exact) mass is 264 g/mol. The van der Waals surface area contributed by atoms with E-state index < -0.39 is 0 Å². The molecule has 0 saturated heterocycles. The van der Waals surface area contributed by atoms with E-state index in [0.29, 0.717) is 13.2 Å². The molecule has 0 saturated carbocycles. The molecule has 0 radical (unpaired) electrons. The predicted molar refractivity (Wildman–Crippen MR) is 72.9 cm³/mol. The van der Waals surface area contributed by atoms with Crippen molar-refractivity contribution in [3.05, 3.63) is 30.3 Å². The fourth-order valence-electron chi connectivity index (χ4n) is 1.37. The van der Waals surface area contributed by atoms with Crippen LogP contribution in [0.25, 0.3) is 0 Å². The molecule has 0 aliphatic heterocycles. The Labute approximate surface area is 113 Å². The molecule has 1 aromatic carbocycles. The van der Waals surface area contributed by atoms with Crippen LogP contribution in [0.2, 0.25) is 0 Å². The molecule has 0 unspecified atom stereocenters. The van der Waals surface area contributed by atoms with Crippen molar-refractivity contribution in [1.29, 1.82) is 0 Å². The van der Waals surface area contributed by atoms with E-state index in [2.05, 4.69) is 10.6 Å². The van der Waals surface area contributed by atoms with Gasteiger partial charge in [-0.2, -0.15) is 0 Å². The third kappa shape index (κ3) is 7.08. The van der Waals surface area contributed by atoms with E-state index in [1.807, 2.05) is 37.3 Å². The lowest BCUT2D eigenvalue weighted by atomic mass is 10.3. The first-order chi connectivity index (χ1) is 9.22. The molecule has 0 spiro atoms. The van der Waals surface area contributed by atoms with Gasteiger partial charge in [-0.3, -0.25) is 9.59 Å². The van der Waals surface area contributed by atoms with Crippen LogP contribution in [-0.4, -0.2) is 31.5 Å². The standard InChI is InChI=1S/C14H20N2O3/c1-2-9-15-14(18)11-16-13(17)8-10-19-12-6-4-3-5-7-12/h3-7H,2,8-11H2,1H3,(H,15,18)(H,16,17). The molecule has 0 atom stereocenters. The normalized spacial score (nSPS) is 9.74. The van der Waals surface area contributed by atoms with Gasteiger partial charge in [0.15, 0.2) is 0 Å². The molecule has 0 aliphatic rings. The van der Waals surface area contributed by atoms with Crippen LogP contribution in [0.3, 0.4) is 0 Å². The summed E-state index contributed by atoms with van der Waals surface area (Å²) < 4.78 is 5.39. The molecular weight excluding hydrogens is 244 g/mol. The Balaban J connectivity index is 2.10. The van der Waals surface area contributed by atoms with E-state index in [1.54, 1.807) is 0 Å². The fraction of sp³-hybridized carbons (Fsp3) is 0.429. The van der Waals surface area contributed by atoms with Gasteiger partial charge in [-0.1, -0.05) is 25.1 Å². The van der Waals surface area contributed by atoms with Crippen molar-refractivity contribution in [2.75, 3.05) is 19.7 Å². The number of hydrogen-bond acceptors (Lipinski definition) is 3. The minimum absolute atomic E-state index is 0.0180. The Hall–Kier alpha value is -2.04. The van der Waals surface area contributed by atoms with Crippen molar-refractivity contribution in [3.8, 4) is 5.75 Å². The van der Waals surface area contributed by atoms with Gasteiger partial charge < -0.3 is 15.4 Å². The fourth-order valence-corrected chi connectivity index (χ4v) is 1.37. The van der Waals surface area contributed by atoms with E-state index >= 15 is 0 Å². The quantitative estimate of drug-likeness (QED) is 0.739. The highest BCUT2D eigenvalue weighted by atomic mass is 16.5. The highest BCUT2D eigenvalue weighted by Gasteiger charge is 2.05. The molecular formula is C14H20N2O3. The summed E-state index contributed by atoms with van der Waals surface area (Å²) in [5.74, 6) is 0.373. The van der Waals surface area contributed by atoms with E-state index in [-0.39, 0.29) is 24.8 Å². The number of benzene rings is 1. The molecule has 0 aromatic heterocycles. The molecule has 1 aromatic rings. The maximum absolute atomic E-state index is 11.4. The van der Waals surface area contributed by atoms with Crippen molar-refractivity contribution in [2.45, 2.75) is 19.8 Å². The van der Waals surface area contributed by atoms with Crippen LogP contribution in [0.5, 0.6) is 5.75 Å². The van der Waals surface area contributed by atoms with Crippen LogP contribution < -0.4 is 15.4 Å². The Bertz CT molecular complexity index is 393. The first kappa shape index (κ1) is 15.0. The lowest BCUT2D eigenvalue weighted by molar-refractivity contribution is -0.126. The molecule has 0 fully saturated rings. The van der Waals surface area contributed by atoms with Crippen molar-refractivity contribution in [2.24, 2.45) is 0 Å². The minimum Gasteiger partial charge on any atom is -0.493 e. The first-order valence-corrected chi connectivity index (χ1v) is 6.43. The second kappa shape index (κ2) is 8.97. The summed E-state index contributed by atoms with van der Waals surface area (Å²) in [6, 6.07) is 9.29. The number of carbonyl (C=O) groups is 2. The topological polar surface area (TPSA) is 67.4 Å². The van der Waals surface area contributed by atoms with Crippen molar-refractivity contribution < 1.29 is 14.3 Å². The average Bonchev–Trinajstić information content (AvgIpc) is 2.44. The van der Waals surface area contributed by atoms with Gasteiger partial charge in [0.05, 0.1) is 19.6 Å². The van der Waals surface area contributed by atoms with E-state index in [1.165, 1.54) is 0 Å². The van der Waals surface area contributed by atoms with Crippen LogP contribution in [-0.2, 0) is 9.59 Å². The highest BCUT2D eigenvalue weighted by molar-refractivity contribution is 5.84. The zero-order valence-corrected chi connectivity index (χ0v) is 11.1. The highest BCUT2D eigenvalue weighted by Crippen LogP contribution is 2.08. The van der Waals surface area contributed by atoms with Gasteiger partial charge in [-0.15, -0.1) is 0 Å². The number of hydrogen-bond donors (Lipinski definition) is 2. The van der Waals surface area contributed by atoms with Crippen LogP contribution in [0, 0.1) is 0 Å². The molecule has 1 rings (SSSR count). The summed E-state index contributed by atoms with van der Waals surface area (Å²) in [5.41, 5.74) is 0. The van der Waals surface area contributed by atoms with Gasteiger partial charge in [0.2, 0.25) is 11.8 Å². The smallest absolute Gasteiger partial charge is 0.239 e.